The Bertz CT molecular complexity index is 1130. The number of ether oxygens (including phenoxy) is 3. The van der Waals surface area contributed by atoms with Gasteiger partial charge in [-0.05, 0) is 78.0 Å². The molecule has 0 N–H and O–H groups in total. The van der Waals surface area contributed by atoms with Gasteiger partial charge in [-0.3, -0.25) is 0 Å². The quantitative estimate of drug-likeness (QED) is 0.322. The molecule has 1 heterocycles. The van der Waals surface area contributed by atoms with Crippen molar-refractivity contribution in [3.63, 3.8) is 0 Å². The molecule has 1 spiro atoms. The van der Waals surface area contributed by atoms with Gasteiger partial charge < -0.3 is 14.2 Å². The van der Waals surface area contributed by atoms with Gasteiger partial charge in [-0.15, -0.1) is 0 Å². The number of hydrogen-bond donors (Lipinski definition) is 0. The van der Waals surface area contributed by atoms with Crippen LogP contribution in [0.5, 0.6) is 0 Å². The molecule has 1 aromatic rings. The highest BCUT2D eigenvalue weighted by Gasteiger charge is 2.79. The number of rotatable bonds is 3. The van der Waals surface area contributed by atoms with Gasteiger partial charge in [0.2, 0.25) is 0 Å². The van der Waals surface area contributed by atoms with Crippen LogP contribution in [0.15, 0.2) is 30.3 Å². The summed E-state index contributed by atoms with van der Waals surface area (Å²) in [6.07, 6.45) is 1.61. The van der Waals surface area contributed by atoms with Crippen LogP contribution >= 0.6 is 0 Å². The van der Waals surface area contributed by atoms with Crippen LogP contribution in [0.4, 0.5) is 9.59 Å². The molecule has 194 valence electrons. The maximum absolute atomic E-state index is 13.5. The van der Waals surface area contributed by atoms with Gasteiger partial charge >= 0.3 is 18.2 Å². The van der Waals surface area contributed by atoms with E-state index in [9.17, 15) is 14.4 Å². The number of carbonyl (C=O) groups excluding carboxylic acids is 3. The van der Waals surface area contributed by atoms with Crippen molar-refractivity contribution in [3.8, 4) is 0 Å². The highest BCUT2D eigenvalue weighted by atomic mass is 16.6. The van der Waals surface area contributed by atoms with Crippen LogP contribution in [0.25, 0.3) is 5.57 Å². The van der Waals surface area contributed by atoms with Gasteiger partial charge in [-0.2, -0.15) is 0 Å². The summed E-state index contributed by atoms with van der Waals surface area (Å²) in [5.41, 5.74) is 2.06. The molecule has 3 fully saturated rings. The molecule has 1 aromatic carbocycles. The number of hydrazine groups is 1. The molecule has 0 unspecified atom stereocenters. The third kappa shape index (κ3) is 3.76. The molecule has 8 heteroatoms. The largest absolute Gasteiger partial charge is 0.457 e. The molecule has 1 saturated heterocycles. The van der Waals surface area contributed by atoms with Crippen molar-refractivity contribution in [1.29, 1.82) is 0 Å². The summed E-state index contributed by atoms with van der Waals surface area (Å²) in [4.78, 5) is 39.9. The Morgan fingerprint density at radius 2 is 1.44 bits per heavy atom. The minimum Gasteiger partial charge on any atom is -0.457 e. The monoisotopic (exact) mass is 496 g/mol. The summed E-state index contributed by atoms with van der Waals surface area (Å²) < 4.78 is 16.9. The first-order valence-corrected chi connectivity index (χ1v) is 12.9. The Kier molecular flexibility index (Phi) is 5.65. The first-order valence-electron chi connectivity index (χ1n) is 12.9. The van der Waals surface area contributed by atoms with E-state index in [2.05, 4.69) is 6.07 Å². The maximum Gasteiger partial charge on any atom is 0.429 e. The van der Waals surface area contributed by atoms with Crippen LogP contribution in [-0.4, -0.2) is 58.1 Å². The smallest absolute Gasteiger partial charge is 0.429 e. The van der Waals surface area contributed by atoms with E-state index < -0.39 is 23.8 Å². The lowest BCUT2D eigenvalue weighted by molar-refractivity contribution is -0.148. The Hall–Kier alpha value is -3.03. The number of nitrogens with zero attached hydrogens (tertiary/aromatic N) is 2. The Morgan fingerprint density at radius 1 is 0.917 bits per heavy atom. The molecule has 0 aromatic heterocycles. The molecule has 2 bridgehead atoms. The summed E-state index contributed by atoms with van der Waals surface area (Å²) in [5, 5.41) is 3.02. The van der Waals surface area contributed by atoms with E-state index in [0.717, 1.165) is 29.5 Å². The van der Waals surface area contributed by atoms with Crippen molar-refractivity contribution < 1.29 is 28.6 Å². The second-order valence-corrected chi connectivity index (χ2v) is 11.9. The lowest BCUT2D eigenvalue weighted by Crippen LogP contribution is -2.58. The zero-order valence-corrected chi connectivity index (χ0v) is 22.1. The van der Waals surface area contributed by atoms with Gasteiger partial charge in [0.25, 0.3) is 0 Å². The summed E-state index contributed by atoms with van der Waals surface area (Å²) in [6.45, 7) is 12.7. The molecule has 2 saturated carbocycles. The molecular weight excluding hydrogens is 460 g/mol. The van der Waals surface area contributed by atoms with Crippen molar-refractivity contribution in [2.75, 3.05) is 0 Å². The number of esters is 1. The second kappa shape index (κ2) is 8.25. The van der Waals surface area contributed by atoms with E-state index >= 15 is 0 Å². The van der Waals surface area contributed by atoms with Gasteiger partial charge in [0.1, 0.15) is 5.60 Å². The summed E-state index contributed by atoms with van der Waals surface area (Å²) in [5.74, 6) is -0.608. The zero-order chi connectivity index (χ0) is 26.2. The molecule has 8 nitrogen and oxygen atoms in total. The van der Waals surface area contributed by atoms with Crippen molar-refractivity contribution in [1.82, 2.24) is 10.0 Å². The first-order chi connectivity index (χ1) is 16.9. The van der Waals surface area contributed by atoms with Crippen molar-refractivity contribution in [2.24, 2.45) is 11.3 Å². The summed E-state index contributed by atoms with van der Waals surface area (Å²) >= 11 is 0. The topological polar surface area (TPSA) is 85.4 Å². The number of carbonyl (C=O) groups is 3. The first kappa shape index (κ1) is 24.7. The Balaban J connectivity index is 1.63. The van der Waals surface area contributed by atoms with Gasteiger partial charge in [-0.1, -0.05) is 24.3 Å². The maximum atomic E-state index is 13.5. The fraction of sp³-hybridized carbons (Fsp3) is 0.607. The lowest BCUT2D eigenvalue weighted by Gasteiger charge is -2.42. The van der Waals surface area contributed by atoms with Crippen LogP contribution in [-0.2, 0) is 19.0 Å². The second-order valence-electron chi connectivity index (χ2n) is 11.9. The van der Waals surface area contributed by atoms with Crippen LogP contribution < -0.4 is 0 Å². The molecule has 1 aliphatic heterocycles. The van der Waals surface area contributed by atoms with E-state index in [0.29, 0.717) is 0 Å². The molecule has 0 radical (unpaired) electrons. The van der Waals surface area contributed by atoms with E-state index in [1.165, 1.54) is 10.0 Å². The molecule has 3 aliphatic carbocycles. The third-order valence-electron chi connectivity index (χ3n) is 7.55. The third-order valence-corrected chi connectivity index (χ3v) is 7.55. The van der Waals surface area contributed by atoms with Gasteiger partial charge in [-0.25, -0.2) is 24.4 Å². The molecule has 5 rings (SSSR count). The highest BCUT2D eigenvalue weighted by molar-refractivity contribution is 5.95. The zero-order valence-electron chi connectivity index (χ0n) is 22.1. The molecule has 4 aliphatic rings. The SMILES string of the molecule is CC(C)OC(=O)N1[C@H]2[C@@H]3/C(=C/C(=O)OC(C)(C)C)c4ccccc4[C@@H]3[C@@H](N1C(=O)OC(C)C)C21CC1. The minimum absolute atomic E-state index is 0.0507. The normalized spacial score (nSPS) is 28.1. The van der Waals surface area contributed by atoms with E-state index in [1.807, 2.05) is 39.0 Å². The van der Waals surface area contributed by atoms with Gasteiger partial charge in [0.05, 0.1) is 24.3 Å². The van der Waals surface area contributed by atoms with Gasteiger partial charge in [0, 0.05) is 23.3 Å². The fourth-order valence-electron chi connectivity index (χ4n) is 6.58. The van der Waals surface area contributed by atoms with Gasteiger partial charge in [0.15, 0.2) is 0 Å². The van der Waals surface area contributed by atoms with E-state index in [4.69, 9.17) is 14.2 Å². The standard InChI is InChI=1S/C28H36N2O6/c1-15(2)34-25(32)29-23-21-18-11-9-8-10-17(18)19(14-20(31)36-27(5,6)7)22(21)24(28(23)12-13-28)30(29)26(33)35-16(3)4/h8-11,14-16,21-24H,12-13H2,1-7H3/b19-14+/t21-,22+,23+,24-/m0/s1. The van der Waals surface area contributed by atoms with Crippen LogP contribution in [0.1, 0.15) is 78.4 Å². The number of benzene rings is 1. The van der Waals surface area contributed by atoms with Crippen LogP contribution in [0.2, 0.25) is 0 Å². The molecule has 36 heavy (non-hydrogen) atoms. The summed E-state index contributed by atoms with van der Waals surface area (Å²) in [6, 6.07) is 7.44. The van der Waals surface area contributed by atoms with Crippen molar-refractivity contribution >= 4 is 23.7 Å². The lowest BCUT2D eigenvalue weighted by atomic mass is 9.88. The Morgan fingerprint density at radius 3 is 1.94 bits per heavy atom. The average molecular weight is 497 g/mol. The van der Waals surface area contributed by atoms with Crippen LogP contribution in [0, 0.1) is 11.3 Å². The van der Waals surface area contributed by atoms with E-state index in [-0.39, 0.29) is 41.5 Å². The molecule has 4 atom stereocenters. The Labute approximate surface area is 212 Å². The fourth-order valence-corrected chi connectivity index (χ4v) is 6.58. The predicted molar refractivity (Wildman–Crippen MR) is 133 cm³/mol. The predicted octanol–water partition coefficient (Wildman–Crippen LogP) is 5.28. The summed E-state index contributed by atoms with van der Waals surface area (Å²) in [7, 11) is 0. The minimum atomic E-state index is -0.622. The molecule has 2 amide bonds. The van der Waals surface area contributed by atoms with E-state index in [1.54, 1.807) is 33.8 Å². The molecular formula is C28H36N2O6. The number of hydrogen-bond acceptors (Lipinski definition) is 6. The van der Waals surface area contributed by atoms with Crippen molar-refractivity contribution in [2.45, 2.75) is 97.1 Å². The van der Waals surface area contributed by atoms with Crippen LogP contribution in [0.3, 0.4) is 0 Å². The average Bonchev–Trinajstić information content (AvgIpc) is 3.33. The number of amides is 2. The number of fused-ring (bicyclic) bond motifs is 5. The van der Waals surface area contributed by atoms with Crippen molar-refractivity contribution in [3.05, 3.63) is 41.5 Å². The highest BCUT2D eigenvalue weighted by Crippen LogP contribution is 2.75.